The third-order valence-corrected chi connectivity index (χ3v) is 5.86. The lowest BCUT2D eigenvalue weighted by Gasteiger charge is -2.40. The quantitative estimate of drug-likeness (QED) is 0.510. The van der Waals surface area contributed by atoms with Gasteiger partial charge in [0.05, 0.1) is 6.10 Å². The molecule has 1 amide bonds. The molecule has 2 rings (SSSR count). The molecule has 0 radical (unpaired) electrons. The first kappa shape index (κ1) is 23.3. The molecule has 0 saturated carbocycles. The van der Waals surface area contributed by atoms with Crippen molar-refractivity contribution in [3.8, 4) is 0 Å². The second kappa shape index (κ2) is 11.9. The summed E-state index contributed by atoms with van der Waals surface area (Å²) >= 11 is 0. The predicted molar refractivity (Wildman–Crippen MR) is 110 cm³/mol. The molecule has 0 bridgehead atoms. The van der Waals surface area contributed by atoms with Crippen molar-refractivity contribution >= 4 is 11.9 Å². The van der Waals surface area contributed by atoms with Crippen molar-refractivity contribution in [3.63, 3.8) is 0 Å². The van der Waals surface area contributed by atoms with Crippen molar-refractivity contribution in [1.29, 1.82) is 0 Å². The van der Waals surface area contributed by atoms with E-state index < -0.39 is 12.1 Å². The molecule has 1 unspecified atom stereocenters. The third-order valence-electron chi connectivity index (χ3n) is 5.86. The molecule has 1 aromatic carbocycles. The maximum Gasteiger partial charge on any atom is 0.303 e. The molecule has 0 aromatic heterocycles. The van der Waals surface area contributed by atoms with Gasteiger partial charge in [-0.2, -0.15) is 0 Å². The maximum absolute atomic E-state index is 13.8. The Balaban J connectivity index is 1.83. The number of hydrogen-bond acceptors (Lipinski definition) is 3. The van der Waals surface area contributed by atoms with Crippen LogP contribution in [0.15, 0.2) is 24.3 Å². The Morgan fingerprint density at radius 2 is 1.97 bits per heavy atom. The number of carbonyl (C=O) groups is 2. The number of hydrogen-bond donors (Lipinski definition) is 2. The summed E-state index contributed by atoms with van der Waals surface area (Å²) in [7, 11) is 0. The summed E-state index contributed by atoms with van der Waals surface area (Å²) in [4.78, 5) is 25.0. The maximum atomic E-state index is 13.8. The highest BCUT2D eigenvalue weighted by Crippen LogP contribution is 2.28. The number of aliphatic hydroxyl groups is 1. The standard InChI is InChI=1S/C23H34FNO4/c1-17(15-19(26)16-18-9-5-6-10-20(18)24)21-11-8-12-22(27)25(21)14-7-3-2-4-13-23(28)29/h5-6,9-10,17,19,21,26H,2-4,7-8,11-16H2,1H3,(H,28,29)/t17-,19?,21+/m0/s1. The smallest absolute Gasteiger partial charge is 0.303 e. The fourth-order valence-corrected chi connectivity index (χ4v) is 4.33. The average molecular weight is 408 g/mol. The minimum Gasteiger partial charge on any atom is -0.481 e. The van der Waals surface area contributed by atoms with Crippen LogP contribution in [-0.4, -0.2) is 45.7 Å². The minimum absolute atomic E-state index is 0.102. The highest BCUT2D eigenvalue weighted by atomic mass is 19.1. The van der Waals surface area contributed by atoms with Crippen molar-refractivity contribution in [3.05, 3.63) is 35.6 Å². The summed E-state index contributed by atoms with van der Waals surface area (Å²) in [6.07, 6.45) is 6.04. The number of nitrogens with zero attached hydrogens (tertiary/aromatic N) is 1. The summed E-state index contributed by atoms with van der Waals surface area (Å²) in [5.74, 6) is -0.758. The van der Waals surface area contributed by atoms with Crippen LogP contribution in [0.25, 0.3) is 0 Å². The number of likely N-dealkylation sites (tertiary alicyclic amines) is 1. The van der Waals surface area contributed by atoms with Crippen LogP contribution in [0.2, 0.25) is 0 Å². The molecule has 0 aliphatic carbocycles. The number of halogens is 1. The topological polar surface area (TPSA) is 77.8 Å². The molecule has 1 saturated heterocycles. The van der Waals surface area contributed by atoms with Crippen LogP contribution in [0.4, 0.5) is 4.39 Å². The van der Waals surface area contributed by atoms with Crippen LogP contribution < -0.4 is 0 Å². The van der Waals surface area contributed by atoms with Gasteiger partial charge in [0.25, 0.3) is 0 Å². The lowest BCUT2D eigenvalue weighted by Crippen LogP contribution is -2.48. The van der Waals surface area contributed by atoms with E-state index in [2.05, 4.69) is 6.92 Å². The molecular formula is C23H34FNO4. The molecule has 3 atom stereocenters. The van der Waals surface area contributed by atoms with E-state index in [-0.39, 0.29) is 36.5 Å². The number of carbonyl (C=O) groups excluding carboxylic acids is 1. The molecular weight excluding hydrogens is 373 g/mol. The summed E-state index contributed by atoms with van der Waals surface area (Å²) in [5, 5.41) is 19.2. The monoisotopic (exact) mass is 407 g/mol. The van der Waals surface area contributed by atoms with Crippen LogP contribution in [-0.2, 0) is 16.0 Å². The zero-order chi connectivity index (χ0) is 21.2. The van der Waals surface area contributed by atoms with Crippen LogP contribution >= 0.6 is 0 Å². The Bertz CT molecular complexity index is 666. The van der Waals surface area contributed by atoms with Crippen LogP contribution in [0.5, 0.6) is 0 Å². The fourth-order valence-electron chi connectivity index (χ4n) is 4.33. The van der Waals surface area contributed by atoms with Gasteiger partial charge in [0.2, 0.25) is 5.91 Å². The van der Waals surface area contributed by atoms with Gasteiger partial charge in [-0.05, 0) is 49.7 Å². The lowest BCUT2D eigenvalue weighted by atomic mass is 9.86. The molecule has 6 heteroatoms. The summed E-state index contributed by atoms with van der Waals surface area (Å²) in [6.45, 7) is 2.75. The molecule has 2 N–H and O–H groups in total. The van der Waals surface area contributed by atoms with E-state index in [0.29, 0.717) is 31.4 Å². The van der Waals surface area contributed by atoms with Crippen molar-refractivity contribution in [2.75, 3.05) is 6.54 Å². The van der Waals surface area contributed by atoms with Gasteiger partial charge in [-0.15, -0.1) is 0 Å². The Morgan fingerprint density at radius 1 is 1.24 bits per heavy atom. The van der Waals surface area contributed by atoms with Crippen LogP contribution in [0, 0.1) is 11.7 Å². The molecule has 1 heterocycles. The second-order valence-electron chi connectivity index (χ2n) is 8.27. The summed E-state index contributed by atoms with van der Waals surface area (Å²) < 4.78 is 13.8. The number of carboxylic acid groups (broad SMARTS) is 1. The number of unbranched alkanes of at least 4 members (excludes halogenated alkanes) is 3. The van der Waals surface area contributed by atoms with E-state index in [9.17, 15) is 19.1 Å². The van der Waals surface area contributed by atoms with Gasteiger partial charge in [0.1, 0.15) is 5.82 Å². The van der Waals surface area contributed by atoms with Gasteiger partial charge >= 0.3 is 5.97 Å². The first-order valence-corrected chi connectivity index (χ1v) is 10.8. The Labute approximate surface area is 172 Å². The number of aliphatic carboxylic acids is 1. The van der Waals surface area contributed by atoms with Gasteiger partial charge < -0.3 is 15.1 Å². The van der Waals surface area contributed by atoms with Gasteiger partial charge in [0.15, 0.2) is 0 Å². The zero-order valence-corrected chi connectivity index (χ0v) is 17.4. The number of amides is 1. The van der Waals surface area contributed by atoms with E-state index in [1.54, 1.807) is 18.2 Å². The van der Waals surface area contributed by atoms with Gasteiger partial charge in [-0.3, -0.25) is 9.59 Å². The first-order valence-electron chi connectivity index (χ1n) is 10.8. The lowest BCUT2D eigenvalue weighted by molar-refractivity contribution is -0.138. The normalized spacial score (nSPS) is 19.2. The van der Waals surface area contributed by atoms with Gasteiger partial charge in [-0.1, -0.05) is 38.0 Å². The third kappa shape index (κ3) is 7.77. The van der Waals surface area contributed by atoms with E-state index >= 15 is 0 Å². The number of piperidine rings is 1. The average Bonchev–Trinajstić information content (AvgIpc) is 2.67. The van der Waals surface area contributed by atoms with Crippen molar-refractivity contribution in [2.45, 2.75) is 83.3 Å². The SMILES string of the molecule is C[C@@H](CC(O)Cc1ccccc1F)[C@H]1CCCC(=O)N1CCCCCCC(=O)O. The van der Waals surface area contributed by atoms with E-state index in [1.807, 2.05) is 4.90 Å². The predicted octanol–water partition coefficient (Wildman–Crippen LogP) is 4.17. The van der Waals surface area contributed by atoms with Crippen LogP contribution in [0.1, 0.15) is 70.3 Å². The number of aliphatic hydroxyl groups excluding tert-OH is 1. The Kier molecular flexibility index (Phi) is 9.58. The van der Waals surface area contributed by atoms with Gasteiger partial charge in [-0.25, -0.2) is 4.39 Å². The Morgan fingerprint density at radius 3 is 2.69 bits per heavy atom. The molecule has 1 fully saturated rings. The van der Waals surface area contributed by atoms with Gasteiger partial charge in [0, 0.05) is 31.8 Å². The van der Waals surface area contributed by atoms with Crippen LogP contribution in [0.3, 0.4) is 0 Å². The minimum atomic E-state index is -0.765. The van der Waals surface area contributed by atoms with E-state index in [4.69, 9.17) is 5.11 Å². The number of rotatable bonds is 12. The van der Waals surface area contributed by atoms with Crippen molar-refractivity contribution < 1.29 is 24.2 Å². The largest absolute Gasteiger partial charge is 0.481 e. The summed E-state index contributed by atoms with van der Waals surface area (Å²) in [6, 6.07) is 6.62. The van der Waals surface area contributed by atoms with E-state index in [1.165, 1.54) is 6.07 Å². The molecule has 29 heavy (non-hydrogen) atoms. The second-order valence-corrected chi connectivity index (χ2v) is 8.27. The molecule has 1 aromatic rings. The fraction of sp³-hybridized carbons (Fsp3) is 0.652. The van der Waals surface area contributed by atoms with Crippen molar-refractivity contribution in [1.82, 2.24) is 4.90 Å². The molecule has 0 spiro atoms. The number of carboxylic acids is 1. The highest BCUT2D eigenvalue weighted by molar-refractivity contribution is 5.77. The molecule has 162 valence electrons. The first-order chi connectivity index (χ1) is 13.9. The molecule has 5 nitrogen and oxygen atoms in total. The summed E-state index contributed by atoms with van der Waals surface area (Å²) in [5.41, 5.74) is 0.519. The molecule has 1 aliphatic rings. The zero-order valence-electron chi connectivity index (χ0n) is 17.4. The van der Waals surface area contributed by atoms with Crippen molar-refractivity contribution in [2.24, 2.45) is 5.92 Å². The Hall–Kier alpha value is -1.95. The van der Waals surface area contributed by atoms with E-state index in [0.717, 1.165) is 32.1 Å². The number of benzene rings is 1. The highest BCUT2D eigenvalue weighted by Gasteiger charge is 2.32. The molecule has 1 aliphatic heterocycles.